The fourth-order valence-electron chi connectivity index (χ4n) is 0.913. The normalized spacial score (nSPS) is 16.3. The molecule has 14 heavy (non-hydrogen) atoms. The van der Waals surface area contributed by atoms with Gasteiger partial charge in [-0.25, -0.2) is 0 Å². The second-order valence-corrected chi connectivity index (χ2v) is 11.1. The molecule has 0 aliphatic carbocycles. The lowest BCUT2D eigenvalue weighted by atomic mass is 10.5. The molecule has 0 heterocycles. The topological polar surface area (TPSA) is 35.5 Å². The summed E-state index contributed by atoms with van der Waals surface area (Å²) in [7, 11) is -2.60. The lowest BCUT2D eigenvalue weighted by Gasteiger charge is -2.17. The van der Waals surface area contributed by atoms with Crippen molar-refractivity contribution >= 4 is 15.7 Å². The summed E-state index contributed by atoms with van der Waals surface area (Å²) in [6.07, 6.45) is 0.923. The molecule has 0 saturated carbocycles. The Morgan fingerprint density at radius 1 is 1.50 bits per heavy atom. The minimum Gasteiger partial charge on any atom is -0.312 e. The third-order valence-corrected chi connectivity index (χ3v) is 6.24. The average Bonchev–Trinajstić information content (AvgIpc) is 2.13. The summed E-state index contributed by atoms with van der Waals surface area (Å²) in [6, 6.07) is 1.11. The molecule has 0 aromatic rings. The third-order valence-electron chi connectivity index (χ3n) is 2.18. The molecule has 1 unspecified atom stereocenters. The van der Waals surface area contributed by atoms with Gasteiger partial charge in [0.05, 0.1) is 14.7 Å². The molecule has 0 bridgehead atoms. The summed E-state index contributed by atoms with van der Waals surface area (Å²) in [5.41, 5.74) is 2.06. The van der Waals surface area contributed by atoms with Gasteiger partial charge in [0.2, 0.25) is 0 Å². The van der Waals surface area contributed by atoms with Crippen LogP contribution in [-0.2, 0) is 13.6 Å². The average molecular weight is 236 g/mol. The van der Waals surface area contributed by atoms with Gasteiger partial charge in [0.15, 0.2) is 0 Å². The van der Waals surface area contributed by atoms with Gasteiger partial charge in [-0.05, 0) is 6.42 Å². The molecule has 0 spiro atoms. The van der Waals surface area contributed by atoms with Crippen molar-refractivity contribution < 1.29 is 13.6 Å². The summed E-state index contributed by atoms with van der Waals surface area (Å²) in [4.78, 5) is 0. The van der Waals surface area contributed by atoms with Crippen LogP contribution >= 0.6 is 7.60 Å². The first kappa shape index (κ1) is 14.1. The Labute approximate surface area is 88.0 Å². The van der Waals surface area contributed by atoms with Gasteiger partial charge in [-0.3, -0.25) is 4.57 Å². The van der Waals surface area contributed by atoms with Crippen molar-refractivity contribution in [3.05, 3.63) is 12.3 Å². The highest BCUT2D eigenvalue weighted by Gasteiger charge is 2.17. The van der Waals surface area contributed by atoms with E-state index in [-0.39, 0.29) is 0 Å². The maximum absolute atomic E-state index is 11.3. The van der Waals surface area contributed by atoms with Crippen LogP contribution in [0.3, 0.4) is 0 Å². The second-order valence-electron chi connectivity index (χ2n) is 4.08. The summed E-state index contributed by atoms with van der Waals surface area (Å²) in [5, 5.41) is 0. The molecule has 0 aromatic heterocycles. The van der Waals surface area contributed by atoms with Gasteiger partial charge in [-0.15, -0.1) is 12.3 Å². The van der Waals surface area contributed by atoms with Crippen LogP contribution < -0.4 is 0 Å². The Morgan fingerprint density at radius 2 is 2.07 bits per heavy atom. The molecule has 0 aliphatic rings. The fraction of sp³-hybridized carbons (Fsp3) is 0.778. The molecule has 0 aliphatic heterocycles. The predicted octanol–water partition coefficient (Wildman–Crippen LogP) is 3.30. The number of hydrogen-bond acceptors (Lipinski definition) is 3. The molecule has 5 heteroatoms. The Bertz CT molecular complexity index is 228. The summed E-state index contributed by atoms with van der Waals surface area (Å²) in [5.74, 6) is 0. The highest BCUT2D eigenvalue weighted by Crippen LogP contribution is 2.42. The van der Waals surface area contributed by atoms with Gasteiger partial charge in [0.25, 0.3) is 0 Å². The van der Waals surface area contributed by atoms with Gasteiger partial charge < -0.3 is 9.05 Å². The van der Waals surface area contributed by atoms with Crippen LogP contribution in [0.2, 0.25) is 19.1 Å². The van der Waals surface area contributed by atoms with E-state index in [1.807, 2.05) is 0 Å². The van der Waals surface area contributed by atoms with Gasteiger partial charge in [0, 0.05) is 13.8 Å². The zero-order chi connectivity index (χ0) is 11.2. The van der Waals surface area contributed by atoms with E-state index in [0.717, 1.165) is 12.5 Å². The standard InChI is InChI=1S/C9H21O3PSi/c1-6-14(4,5)9-7-8-12-13(3,10)11-2/h6H,1,7-9H2,2-5H3. The quantitative estimate of drug-likeness (QED) is 0.386. The van der Waals surface area contributed by atoms with Crippen LogP contribution in [-0.4, -0.2) is 28.5 Å². The highest BCUT2D eigenvalue weighted by molar-refractivity contribution is 7.52. The van der Waals surface area contributed by atoms with Crippen LogP contribution in [0.5, 0.6) is 0 Å². The molecule has 1 atom stereocenters. The molecule has 0 amide bonds. The maximum atomic E-state index is 11.3. The first-order valence-electron chi connectivity index (χ1n) is 4.74. The van der Waals surface area contributed by atoms with E-state index >= 15 is 0 Å². The molecule has 84 valence electrons. The van der Waals surface area contributed by atoms with Crippen molar-refractivity contribution in [2.45, 2.75) is 25.6 Å². The van der Waals surface area contributed by atoms with Crippen molar-refractivity contribution in [1.29, 1.82) is 0 Å². The van der Waals surface area contributed by atoms with E-state index in [9.17, 15) is 4.57 Å². The Morgan fingerprint density at radius 3 is 2.50 bits per heavy atom. The largest absolute Gasteiger partial charge is 0.327 e. The minimum absolute atomic E-state index is 0.506. The van der Waals surface area contributed by atoms with E-state index in [0.29, 0.717) is 6.61 Å². The molecular weight excluding hydrogens is 215 g/mol. The molecule has 0 fully saturated rings. The molecule has 0 aromatic carbocycles. The minimum atomic E-state index is -2.77. The fourth-order valence-corrected chi connectivity index (χ4v) is 2.74. The lowest BCUT2D eigenvalue weighted by molar-refractivity contribution is 0.239. The van der Waals surface area contributed by atoms with Crippen molar-refractivity contribution in [1.82, 2.24) is 0 Å². The summed E-state index contributed by atoms with van der Waals surface area (Å²) in [6.45, 7) is 10.3. The molecule has 0 N–H and O–H groups in total. The zero-order valence-electron chi connectivity index (χ0n) is 9.58. The van der Waals surface area contributed by atoms with E-state index < -0.39 is 15.7 Å². The van der Waals surface area contributed by atoms with Crippen LogP contribution in [0.15, 0.2) is 12.3 Å². The van der Waals surface area contributed by atoms with Gasteiger partial charge in [-0.2, -0.15) is 0 Å². The predicted molar refractivity (Wildman–Crippen MR) is 63.6 cm³/mol. The molecule has 0 rings (SSSR count). The monoisotopic (exact) mass is 236 g/mol. The van der Waals surface area contributed by atoms with E-state index in [2.05, 4.69) is 25.4 Å². The summed E-state index contributed by atoms with van der Waals surface area (Å²) < 4.78 is 21.2. The van der Waals surface area contributed by atoms with Crippen LogP contribution in [0.4, 0.5) is 0 Å². The second kappa shape index (κ2) is 5.86. The van der Waals surface area contributed by atoms with Crippen molar-refractivity contribution in [3.8, 4) is 0 Å². The smallest absolute Gasteiger partial charge is 0.312 e. The van der Waals surface area contributed by atoms with Crippen molar-refractivity contribution in [2.75, 3.05) is 20.4 Å². The highest BCUT2D eigenvalue weighted by atomic mass is 31.2. The zero-order valence-corrected chi connectivity index (χ0v) is 11.5. The SMILES string of the molecule is C=C[Si](C)(C)CCCOP(C)(=O)OC. The first-order chi connectivity index (χ1) is 6.33. The van der Waals surface area contributed by atoms with Crippen molar-refractivity contribution in [2.24, 2.45) is 0 Å². The Balaban J connectivity index is 3.67. The van der Waals surface area contributed by atoms with E-state index in [1.165, 1.54) is 13.8 Å². The van der Waals surface area contributed by atoms with Crippen LogP contribution in [0, 0.1) is 0 Å². The van der Waals surface area contributed by atoms with Gasteiger partial charge in [-0.1, -0.05) is 19.1 Å². The third kappa shape index (κ3) is 6.54. The molecule has 0 saturated heterocycles. The molecular formula is C9H21O3PSi. The van der Waals surface area contributed by atoms with E-state index in [1.54, 1.807) is 0 Å². The van der Waals surface area contributed by atoms with Crippen molar-refractivity contribution in [3.63, 3.8) is 0 Å². The van der Waals surface area contributed by atoms with Gasteiger partial charge >= 0.3 is 7.60 Å². The number of rotatable bonds is 7. The van der Waals surface area contributed by atoms with E-state index in [4.69, 9.17) is 9.05 Å². The molecule has 3 nitrogen and oxygen atoms in total. The first-order valence-corrected chi connectivity index (χ1v) is 10.0. The Hall–Kier alpha value is 0.107. The van der Waals surface area contributed by atoms with Gasteiger partial charge in [0.1, 0.15) is 0 Å². The summed E-state index contributed by atoms with van der Waals surface area (Å²) >= 11 is 0. The van der Waals surface area contributed by atoms with Crippen LogP contribution in [0.1, 0.15) is 6.42 Å². The lowest BCUT2D eigenvalue weighted by Crippen LogP contribution is -2.21. The molecule has 0 radical (unpaired) electrons. The number of hydrogen-bond donors (Lipinski definition) is 0. The Kier molecular flexibility index (Phi) is 5.90. The van der Waals surface area contributed by atoms with Crippen LogP contribution in [0.25, 0.3) is 0 Å². The maximum Gasteiger partial charge on any atom is 0.327 e.